The number of halogens is 2. The van der Waals surface area contributed by atoms with E-state index in [0.29, 0.717) is 10.7 Å². The average molecular weight is 314 g/mol. The van der Waals surface area contributed by atoms with Gasteiger partial charge < -0.3 is 9.67 Å². The highest BCUT2D eigenvalue weighted by Gasteiger charge is 2.22. The Kier molecular flexibility index (Phi) is 4.82. The summed E-state index contributed by atoms with van der Waals surface area (Å²) in [5.74, 6) is -3.01. The van der Waals surface area contributed by atoms with Crippen molar-refractivity contribution in [3.05, 3.63) is 23.8 Å². The molecule has 0 bridgehead atoms. The van der Waals surface area contributed by atoms with Gasteiger partial charge in [-0.2, -0.15) is 0 Å². The van der Waals surface area contributed by atoms with Crippen molar-refractivity contribution in [1.29, 1.82) is 0 Å². The van der Waals surface area contributed by atoms with Crippen LogP contribution < -0.4 is 0 Å². The third-order valence-electron chi connectivity index (χ3n) is 3.34. The minimum atomic E-state index is -0.977. The smallest absolute Gasteiger partial charge is 0.313 e. The SMILES string of the molecule is CCC(CC)n1c(SCC(=O)O)nc2ccc(F)c(F)c21. The number of nitrogens with zero attached hydrogens (tertiary/aromatic N) is 2. The Hall–Kier alpha value is -1.63. The van der Waals surface area contributed by atoms with E-state index in [2.05, 4.69) is 4.98 Å². The molecule has 0 saturated heterocycles. The summed E-state index contributed by atoms with van der Waals surface area (Å²) < 4.78 is 29.3. The van der Waals surface area contributed by atoms with Gasteiger partial charge in [0, 0.05) is 6.04 Å². The van der Waals surface area contributed by atoms with Crippen LogP contribution in [0.3, 0.4) is 0 Å². The second-order valence-electron chi connectivity index (χ2n) is 4.65. The standard InChI is InChI=1S/C14H16F2N2O2S/c1-3-8(4-2)18-13-10(6-5-9(15)12(13)16)17-14(18)21-7-11(19)20/h5-6,8H,3-4,7H2,1-2H3,(H,19,20). The van der Waals surface area contributed by atoms with Crippen LogP contribution in [0.25, 0.3) is 11.0 Å². The number of aromatic nitrogens is 2. The molecule has 0 atom stereocenters. The van der Waals surface area contributed by atoms with Crippen molar-refractivity contribution < 1.29 is 18.7 Å². The van der Waals surface area contributed by atoms with Gasteiger partial charge in [-0.1, -0.05) is 25.6 Å². The number of aliphatic carboxylic acids is 1. The van der Waals surface area contributed by atoms with Crippen molar-refractivity contribution in [2.75, 3.05) is 5.75 Å². The van der Waals surface area contributed by atoms with Crippen molar-refractivity contribution >= 4 is 28.8 Å². The number of hydrogen-bond acceptors (Lipinski definition) is 3. The zero-order chi connectivity index (χ0) is 15.6. The summed E-state index contributed by atoms with van der Waals surface area (Å²) in [7, 11) is 0. The molecule has 21 heavy (non-hydrogen) atoms. The Morgan fingerprint density at radius 2 is 2.05 bits per heavy atom. The van der Waals surface area contributed by atoms with Crippen LogP contribution in [-0.2, 0) is 4.79 Å². The van der Waals surface area contributed by atoms with Crippen LogP contribution in [0, 0.1) is 11.6 Å². The normalized spacial score (nSPS) is 11.5. The van der Waals surface area contributed by atoms with Crippen molar-refractivity contribution in [2.24, 2.45) is 0 Å². The molecule has 2 rings (SSSR count). The second kappa shape index (κ2) is 6.43. The fourth-order valence-electron chi connectivity index (χ4n) is 2.32. The summed E-state index contributed by atoms with van der Waals surface area (Å²) in [4.78, 5) is 15.0. The summed E-state index contributed by atoms with van der Waals surface area (Å²) in [6.45, 7) is 3.89. The highest BCUT2D eigenvalue weighted by Crippen LogP contribution is 2.32. The van der Waals surface area contributed by atoms with E-state index in [1.54, 1.807) is 4.57 Å². The Bertz CT molecular complexity index is 669. The molecule has 1 aromatic carbocycles. The molecule has 1 N–H and O–H groups in total. The first kappa shape index (κ1) is 15.8. The molecule has 7 heteroatoms. The molecule has 0 radical (unpaired) electrons. The van der Waals surface area contributed by atoms with Gasteiger partial charge in [-0.25, -0.2) is 13.8 Å². The molecular formula is C14H16F2N2O2S. The minimum Gasteiger partial charge on any atom is -0.481 e. The number of carboxylic acids is 1. The van der Waals surface area contributed by atoms with Gasteiger partial charge in [0.05, 0.1) is 11.3 Å². The molecule has 0 amide bonds. The Morgan fingerprint density at radius 1 is 1.38 bits per heavy atom. The third kappa shape index (κ3) is 3.02. The zero-order valence-electron chi connectivity index (χ0n) is 11.8. The van der Waals surface area contributed by atoms with Crippen LogP contribution in [0.4, 0.5) is 8.78 Å². The van der Waals surface area contributed by atoms with Crippen LogP contribution in [0.5, 0.6) is 0 Å². The lowest BCUT2D eigenvalue weighted by Crippen LogP contribution is -2.10. The number of fused-ring (bicyclic) bond motifs is 1. The van der Waals surface area contributed by atoms with Gasteiger partial charge >= 0.3 is 5.97 Å². The van der Waals surface area contributed by atoms with E-state index in [9.17, 15) is 13.6 Å². The number of rotatable bonds is 6. The summed E-state index contributed by atoms with van der Waals surface area (Å²) in [6, 6.07) is 2.40. The average Bonchev–Trinajstić information content (AvgIpc) is 2.82. The van der Waals surface area contributed by atoms with E-state index in [0.717, 1.165) is 30.7 Å². The van der Waals surface area contributed by atoms with Crippen molar-refractivity contribution in [3.8, 4) is 0 Å². The van der Waals surface area contributed by atoms with Crippen LogP contribution in [0.15, 0.2) is 17.3 Å². The Morgan fingerprint density at radius 3 is 2.62 bits per heavy atom. The topological polar surface area (TPSA) is 55.1 Å². The fourth-order valence-corrected chi connectivity index (χ4v) is 3.12. The number of imidazole rings is 1. The number of carbonyl (C=O) groups is 1. The van der Waals surface area contributed by atoms with Crippen LogP contribution in [-0.4, -0.2) is 26.4 Å². The van der Waals surface area contributed by atoms with Gasteiger partial charge in [0.25, 0.3) is 0 Å². The highest BCUT2D eigenvalue weighted by atomic mass is 32.2. The highest BCUT2D eigenvalue weighted by molar-refractivity contribution is 7.99. The number of carboxylic acid groups (broad SMARTS) is 1. The van der Waals surface area contributed by atoms with E-state index in [-0.39, 0.29) is 17.3 Å². The number of benzene rings is 1. The second-order valence-corrected chi connectivity index (χ2v) is 5.59. The van der Waals surface area contributed by atoms with E-state index in [4.69, 9.17) is 5.11 Å². The summed E-state index contributed by atoms with van der Waals surface area (Å²) in [5.41, 5.74) is 0.449. The van der Waals surface area contributed by atoms with Crippen LogP contribution in [0.1, 0.15) is 32.7 Å². The van der Waals surface area contributed by atoms with Crippen LogP contribution in [0.2, 0.25) is 0 Å². The summed E-state index contributed by atoms with van der Waals surface area (Å²) in [6.07, 6.45) is 1.44. The van der Waals surface area contributed by atoms with Gasteiger partial charge in [0.15, 0.2) is 16.8 Å². The van der Waals surface area contributed by atoms with Gasteiger partial charge in [-0.05, 0) is 25.0 Å². The molecule has 1 heterocycles. The maximum atomic E-state index is 14.1. The summed E-state index contributed by atoms with van der Waals surface area (Å²) in [5, 5.41) is 9.21. The lowest BCUT2D eigenvalue weighted by Gasteiger charge is -2.18. The molecule has 1 aromatic heterocycles. The lowest BCUT2D eigenvalue weighted by atomic mass is 10.1. The molecule has 4 nitrogen and oxygen atoms in total. The Balaban J connectivity index is 2.64. The number of thioether (sulfide) groups is 1. The van der Waals surface area contributed by atoms with Gasteiger partial charge in [-0.15, -0.1) is 0 Å². The van der Waals surface area contributed by atoms with E-state index < -0.39 is 17.6 Å². The molecule has 0 aliphatic rings. The van der Waals surface area contributed by atoms with E-state index in [1.165, 1.54) is 6.07 Å². The molecule has 0 spiro atoms. The minimum absolute atomic E-state index is 0.0532. The predicted octanol–water partition coefficient (Wildman–Crippen LogP) is 3.85. The summed E-state index contributed by atoms with van der Waals surface area (Å²) >= 11 is 1.02. The quantitative estimate of drug-likeness (QED) is 0.823. The first-order chi connectivity index (χ1) is 9.99. The van der Waals surface area contributed by atoms with Crippen molar-refractivity contribution in [2.45, 2.75) is 37.9 Å². The largest absolute Gasteiger partial charge is 0.481 e. The fraction of sp³-hybridized carbons (Fsp3) is 0.429. The molecule has 0 saturated carbocycles. The molecule has 114 valence electrons. The molecule has 0 aliphatic heterocycles. The predicted molar refractivity (Wildman–Crippen MR) is 77.6 cm³/mol. The Labute approximate surface area is 125 Å². The molecule has 0 unspecified atom stereocenters. The lowest BCUT2D eigenvalue weighted by molar-refractivity contribution is -0.133. The molecule has 0 fully saturated rings. The van der Waals surface area contributed by atoms with Gasteiger partial charge in [-0.3, -0.25) is 4.79 Å². The maximum Gasteiger partial charge on any atom is 0.313 e. The third-order valence-corrected chi connectivity index (χ3v) is 4.28. The molecule has 0 aliphatic carbocycles. The van der Waals surface area contributed by atoms with Crippen molar-refractivity contribution in [1.82, 2.24) is 9.55 Å². The van der Waals surface area contributed by atoms with E-state index in [1.807, 2.05) is 13.8 Å². The van der Waals surface area contributed by atoms with E-state index >= 15 is 0 Å². The first-order valence-electron chi connectivity index (χ1n) is 6.70. The van der Waals surface area contributed by atoms with Gasteiger partial charge in [0.2, 0.25) is 0 Å². The van der Waals surface area contributed by atoms with Crippen LogP contribution >= 0.6 is 11.8 Å². The number of hydrogen-bond donors (Lipinski definition) is 1. The monoisotopic (exact) mass is 314 g/mol. The first-order valence-corrected chi connectivity index (χ1v) is 7.68. The molecule has 2 aromatic rings. The maximum absolute atomic E-state index is 14.1. The zero-order valence-corrected chi connectivity index (χ0v) is 12.6. The van der Waals surface area contributed by atoms with Crippen molar-refractivity contribution in [3.63, 3.8) is 0 Å². The molecular weight excluding hydrogens is 298 g/mol. The van der Waals surface area contributed by atoms with Gasteiger partial charge in [0.1, 0.15) is 5.52 Å².